The highest BCUT2D eigenvalue weighted by molar-refractivity contribution is 5.82. The van der Waals surface area contributed by atoms with Gasteiger partial charge in [0.2, 0.25) is 0 Å². The third-order valence-electron chi connectivity index (χ3n) is 5.88. The number of fused-ring (bicyclic) bond motifs is 3. The number of hydrogen-bond acceptors (Lipinski definition) is 3. The Morgan fingerprint density at radius 1 is 1.17 bits per heavy atom. The van der Waals surface area contributed by atoms with Crippen molar-refractivity contribution in [2.24, 2.45) is 29.1 Å². The number of ketones is 1. The zero-order valence-corrected chi connectivity index (χ0v) is 11.4. The van der Waals surface area contributed by atoms with Gasteiger partial charge in [-0.25, -0.2) is 0 Å². The zero-order valence-electron chi connectivity index (χ0n) is 11.4. The van der Waals surface area contributed by atoms with Gasteiger partial charge < -0.3 is 4.74 Å². The molecule has 0 N–H and O–H groups in total. The Morgan fingerprint density at radius 3 is 2.61 bits per heavy atom. The van der Waals surface area contributed by atoms with Crippen LogP contribution in [-0.4, -0.2) is 17.9 Å². The number of hydrogen-bond donors (Lipinski definition) is 0. The summed E-state index contributed by atoms with van der Waals surface area (Å²) in [4.78, 5) is 23.8. The summed E-state index contributed by atoms with van der Waals surface area (Å²) in [6.45, 7) is 6.29. The Morgan fingerprint density at radius 2 is 1.89 bits per heavy atom. The molecule has 3 heteroatoms. The second kappa shape index (κ2) is 3.82. The molecule has 3 fully saturated rings. The molecule has 1 aliphatic heterocycles. The SMILES string of the molecule is C[C@@H]1C(=O)O[C@@H]2[C@@H]1CC[C@]1(C)CCC(=O)[C@H](C)[C@H]21. The lowest BCUT2D eigenvalue weighted by molar-refractivity contribution is -0.158. The maximum absolute atomic E-state index is 12.0. The summed E-state index contributed by atoms with van der Waals surface area (Å²) in [5.74, 6) is 0.946. The molecule has 0 amide bonds. The van der Waals surface area contributed by atoms with E-state index in [1.807, 2.05) is 13.8 Å². The van der Waals surface area contributed by atoms with Crippen LogP contribution >= 0.6 is 0 Å². The summed E-state index contributed by atoms with van der Waals surface area (Å²) in [6.07, 6.45) is 3.87. The fraction of sp³-hybridized carbons (Fsp3) is 0.867. The van der Waals surface area contributed by atoms with E-state index in [2.05, 4.69) is 6.92 Å². The fourth-order valence-electron chi connectivity index (χ4n) is 4.62. The monoisotopic (exact) mass is 250 g/mol. The molecule has 1 saturated heterocycles. The molecule has 0 radical (unpaired) electrons. The molecule has 0 bridgehead atoms. The van der Waals surface area contributed by atoms with Gasteiger partial charge in [-0.1, -0.05) is 20.8 Å². The maximum Gasteiger partial charge on any atom is 0.309 e. The van der Waals surface area contributed by atoms with Crippen LogP contribution < -0.4 is 0 Å². The predicted octanol–water partition coefficient (Wildman–Crippen LogP) is 2.58. The van der Waals surface area contributed by atoms with Crippen LogP contribution in [0.3, 0.4) is 0 Å². The van der Waals surface area contributed by atoms with E-state index >= 15 is 0 Å². The van der Waals surface area contributed by atoms with Gasteiger partial charge >= 0.3 is 5.97 Å². The summed E-state index contributed by atoms with van der Waals surface area (Å²) < 4.78 is 5.64. The van der Waals surface area contributed by atoms with E-state index in [4.69, 9.17) is 4.74 Å². The molecule has 2 aliphatic carbocycles. The summed E-state index contributed by atoms with van der Waals surface area (Å²) in [7, 11) is 0. The average Bonchev–Trinajstić information content (AvgIpc) is 2.60. The second-order valence-corrected chi connectivity index (χ2v) is 6.83. The third kappa shape index (κ3) is 1.49. The molecule has 0 aromatic rings. The molecular weight excluding hydrogens is 228 g/mol. The molecule has 2 saturated carbocycles. The molecule has 0 aromatic heterocycles. The third-order valence-corrected chi connectivity index (χ3v) is 5.88. The first-order chi connectivity index (χ1) is 8.44. The minimum absolute atomic E-state index is 0.00880. The molecule has 6 atom stereocenters. The Bertz CT molecular complexity index is 403. The molecule has 3 aliphatic rings. The van der Waals surface area contributed by atoms with Crippen LogP contribution in [0.1, 0.15) is 46.5 Å². The first-order valence-electron chi connectivity index (χ1n) is 7.17. The van der Waals surface area contributed by atoms with Crippen LogP contribution in [-0.2, 0) is 14.3 Å². The Hall–Kier alpha value is -0.860. The first-order valence-corrected chi connectivity index (χ1v) is 7.17. The van der Waals surface area contributed by atoms with E-state index in [9.17, 15) is 9.59 Å². The van der Waals surface area contributed by atoms with E-state index in [-0.39, 0.29) is 35.2 Å². The standard InChI is InChI=1S/C15H22O3/c1-8-10-4-6-15(3)7-5-11(16)9(2)12(15)13(10)18-14(8)17/h8-10,12-13H,4-7H2,1-3H3/t8-,9-,10+,12+,13+,15+/m0/s1. The molecule has 1 heterocycles. The van der Waals surface area contributed by atoms with Gasteiger partial charge in [0.25, 0.3) is 0 Å². The molecule has 18 heavy (non-hydrogen) atoms. The largest absolute Gasteiger partial charge is 0.461 e. The normalized spacial score (nSPS) is 51.6. The van der Waals surface area contributed by atoms with Crippen LogP contribution in [0.15, 0.2) is 0 Å². The maximum atomic E-state index is 12.0. The van der Waals surface area contributed by atoms with Crippen molar-refractivity contribution in [3.05, 3.63) is 0 Å². The van der Waals surface area contributed by atoms with Crippen molar-refractivity contribution < 1.29 is 14.3 Å². The zero-order chi connectivity index (χ0) is 13.1. The Kier molecular flexibility index (Phi) is 2.58. The lowest BCUT2D eigenvalue weighted by atomic mass is 9.53. The molecular formula is C15H22O3. The molecule has 3 nitrogen and oxygen atoms in total. The van der Waals surface area contributed by atoms with Gasteiger partial charge in [-0.15, -0.1) is 0 Å². The average molecular weight is 250 g/mol. The van der Waals surface area contributed by atoms with E-state index in [1.54, 1.807) is 0 Å². The van der Waals surface area contributed by atoms with Crippen LogP contribution in [0.2, 0.25) is 0 Å². The Labute approximate surface area is 108 Å². The van der Waals surface area contributed by atoms with Gasteiger partial charge in [-0.2, -0.15) is 0 Å². The lowest BCUT2D eigenvalue weighted by Gasteiger charge is -2.51. The van der Waals surface area contributed by atoms with Gasteiger partial charge in [0.1, 0.15) is 11.9 Å². The predicted molar refractivity (Wildman–Crippen MR) is 66.8 cm³/mol. The van der Waals surface area contributed by atoms with Gasteiger partial charge in [-0.05, 0) is 24.7 Å². The molecule has 3 rings (SSSR count). The highest BCUT2D eigenvalue weighted by Crippen LogP contribution is 2.56. The van der Waals surface area contributed by atoms with Gasteiger partial charge in [0.15, 0.2) is 0 Å². The summed E-state index contributed by atoms with van der Waals surface area (Å²) in [5, 5.41) is 0. The topological polar surface area (TPSA) is 43.4 Å². The summed E-state index contributed by atoms with van der Waals surface area (Å²) >= 11 is 0. The minimum Gasteiger partial charge on any atom is -0.461 e. The van der Waals surface area contributed by atoms with Crippen LogP contribution in [0.5, 0.6) is 0 Å². The molecule has 100 valence electrons. The van der Waals surface area contributed by atoms with Crippen molar-refractivity contribution >= 4 is 11.8 Å². The molecule has 0 unspecified atom stereocenters. The number of ether oxygens (including phenoxy) is 1. The number of esters is 1. The number of carbonyl (C=O) groups is 2. The smallest absolute Gasteiger partial charge is 0.309 e. The van der Waals surface area contributed by atoms with Crippen molar-refractivity contribution in [1.82, 2.24) is 0 Å². The molecule has 0 aromatic carbocycles. The number of rotatable bonds is 0. The van der Waals surface area contributed by atoms with Crippen molar-refractivity contribution in [3.8, 4) is 0 Å². The summed E-state index contributed by atoms with van der Waals surface area (Å²) in [5.41, 5.74) is 0.193. The van der Waals surface area contributed by atoms with E-state index in [1.165, 1.54) is 0 Å². The van der Waals surface area contributed by atoms with E-state index < -0.39 is 0 Å². The summed E-state index contributed by atoms with van der Waals surface area (Å²) in [6, 6.07) is 0. The second-order valence-electron chi connectivity index (χ2n) is 6.83. The molecule has 0 spiro atoms. The first kappa shape index (κ1) is 12.2. The Balaban J connectivity index is 1.96. The van der Waals surface area contributed by atoms with Crippen molar-refractivity contribution in [2.45, 2.75) is 52.6 Å². The fourth-order valence-corrected chi connectivity index (χ4v) is 4.62. The lowest BCUT2D eigenvalue weighted by Crippen LogP contribution is -2.52. The minimum atomic E-state index is -0.0560. The van der Waals surface area contributed by atoms with Gasteiger partial charge in [-0.3, -0.25) is 9.59 Å². The van der Waals surface area contributed by atoms with E-state index in [0.29, 0.717) is 18.1 Å². The van der Waals surface area contributed by atoms with Crippen molar-refractivity contribution in [1.29, 1.82) is 0 Å². The number of Topliss-reactive ketones (excluding diaryl/α,β-unsaturated/α-hetero) is 1. The van der Waals surface area contributed by atoms with Crippen LogP contribution in [0, 0.1) is 29.1 Å². The van der Waals surface area contributed by atoms with Crippen molar-refractivity contribution in [3.63, 3.8) is 0 Å². The highest BCUT2D eigenvalue weighted by atomic mass is 16.6. The van der Waals surface area contributed by atoms with Crippen LogP contribution in [0.25, 0.3) is 0 Å². The highest BCUT2D eigenvalue weighted by Gasteiger charge is 2.58. The van der Waals surface area contributed by atoms with Gasteiger partial charge in [0, 0.05) is 24.2 Å². The van der Waals surface area contributed by atoms with Crippen LogP contribution in [0.4, 0.5) is 0 Å². The van der Waals surface area contributed by atoms with Gasteiger partial charge in [0.05, 0.1) is 5.92 Å². The van der Waals surface area contributed by atoms with Crippen molar-refractivity contribution in [2.75, 3.05) is 0 Å². The number of carbonyl (C=O) groups excluding carboxylic acids is 2. The quantitative estimate of drug-likeness (QED) is 0.621. The van der Waals surface area contributed by atoms with E-state index in [0.717, 1.165) is 19.3 Å².